The summed E-state index contributed by atoms with van der Waals surface area (Å²) < 4.78 is 0. The highest BCUT2D eigenvalue weighted by Crippen LogP contribution is 2.28. The Kier molecular flexibility index (Phi) is 3.45. The Morgan fingerprint density at radius 1 is 1.19 bits per heavy atom. The maximum Gasteiger partial charge on any atom is -0.00159 e. The molecule has 0 aliphatic carbocycles. The fraction of sp³-hybridized carbons (Fsp3) is 0.467. The van der Waals surface area contributed by atoms with Crippen molar-refractivity contribution < 1.29 is 0 Å². The van der Waals surface area contributed by atoms with Crippen LogP contribution in [0.5, 0.6) is 0 Å². The van der Waals surface area contributed by atoms with E-state index in [0.717, 1.165) is 11.5 Å². The van der Waals surface area contributed by atoms with Gasteiger partial charge in [-0.15, -0.1) is 0 Å². The molecule has 0 radical (unpaired) electrons. The average Bonchev–Trinajstić information content (AvgIpc) is 2.30. The van der Waals surface area contributed by atoms with Crippen molar-refractivity contribution >= 4 is 5.57 Å². The molecule has 0 amide bonds. The van der Waals surface area contributed by atoms with Crippen LogP contribution in [0.1, 0.15) is 36.8 Å². The van der Waals surface area contributed by atoms with Gasteiger partial charge in [0, 0.05) is 0 Å². The highest BCUT2D eigenvalue weighted by Gasteiger charge is 2.17. The number of likely N-dealkylation sites (tertiary alicyclic amines) is 1. The van der Waals surface area contributed by atoms with E-state index in [1.165, 1.54) is 37.1 Å². The summed E-state index contributed by atoms with van der Waals surface area (Å²) in [5.74, 6) is 0.760. The number of hydrogen-bond donors (Lipinski definition) is 0. The Balaban J connectivity index is 2.07. The molecule has 86 valence electrons. The third kappa shape index (κ3) is 2.53. The quantitative estimate of drug-likeness (QED) is 0.729. The Morgan fingerprint density at radius 2 is 1.75 bits per heavy atom. The third-order valence-electron chi connectivity index (χ3n) is 3.59. The predicted octanol–water partition coefficient (Wildman–Crippen LogP) is 3.53. The molecule has 0 saturated carbocycles. The third-order valence-corrected chi connectivity index (χ3v) is 3.59. The first-order valence-electron chi connectivity index (χ1n) is 6.11. The molecule has 1 aliphatic heterocycles. The summed E-state index contributed by atoms with van der Waals surface area (Å²) in [6.45, 7) is 8.49. The van der Waals surface area contributed by atoms with E-state index in [0.29, 0.717) is 0 Å². The van der Waals surface area contributed by atoms with Crippen molar-refractivity contribution in [3.05, 3.63) is 42.0 Å². The van der Waals surface area contributed by atoms with Gasteiger partial charge < -0.3 is 4.90 Å². The highest BCUT2D eigenvalue weighted by atomic mass is 15.1. The van der Waals surface area contributed by atoms with Crippen LogP contribution in [0.3, 0.4) is 0 Å². The molecule has 16 heavy (non-hydrogen) atoms. The zero-order chi connectivity index (χ0) is 11.5. The molecule has 0 spiro atoms. The van der Waals surface area contributed by atoms with Crippen LogP contribution in [-0.2, 0) is 0 Å². The van der Waals surface area contributed by atoms with E-state index >= 15 is 0 Å². The van der Waals surface area contributed by atoms with Crippen molar-refractivity contribution in [1.29, 1.82) is 0 Å². The van der Waals surface area contributed by atoms with Gasteiger partial charge in [0.2, 0.25) is 0 Å². The van der Waals surface area contributed by atoms with Crippen molar-refractivity contribution in [1.82, 2.24) is 4.90 Å². The molecule has 2 rings (SSSR count). The second-order valence-corrected chi connectivity index (χ2v) is 4.98. The van der Waals surface area contributed by atoms with Crippen molar-refractivity contribution in [2.24, 2.45) is 0 Å². The molecule has 1 saturated heterocycles. The van der Waals surface area contributed by atoms with E-state index in [2.05, 4.69) is 49.7 Å². The van der Waals surface area contributed by atoms with E-state index in [9.17, 15) is 0 Å². The van der Waals surface area contributed by atoms with Crippen molar-refractivity contribution in [2.45, 2.75) is 25.7 Å². The summed E-state index contributed by atoms with van der Waals surface area (Å²) in [6, 6.07) is 8.96. The van der Waals surface area contributed by atoms with Crippen LogP contribution >= 0.6 is 0 Å². The highest BCUT2D eigenvalue weighted by molar-refractivity contribution is 5.61. The first kappa shape index (κ1) is 11.4. The summed E-state index contributed by atoms with van der Waals surface area (Å²) in [6.07, 6.45) is 2.59. The van der Waals surface area contributed by atoms with Gasteiger partial charge in [-0.3, -0.25) is 0 Å². The van der Waals surface area contributed by atoms with Crippen LogP contribution in [-0.4, -0.2) is 25.0 Å². The Hall–Kier alpha value is -1.08. The smallest absolute Gasteiger partial charge is 0.00159 e. The first-order valence-corrected chi connectivity index (χ1v) is 6.11. The van der Waals surface area contributed by atoms with Crippen LogP contribution < -0.4 is 0 Å². The molecule has 1 aliphatic rings. The van der Waals surface area contributed by atoms with Gasteiger partial charge in [0.05, 0.1) is 0 Å². The van der Waals surface area contributed by atoms with Gasteiger partial charge >= 0.3 is 0 Å². The number of hydrogen-bond acceptors (Lipinski definition) is 1. The Labute approximate surface area is 98.8 Å². The molecule has 1 heterocycles. The second kappa shape index (κ2) is 4.84. The molecule has 1 heteroatoms. The molecule has 0 aromatic heterocycles. The average molecular weight is 215 g/mol. The lowest BCUT2D eigenvalue weighted by atomic mass is 9.89. The van der Waals surface area contributed by atoms with Crippen molar-refractivity contribution in [3.8, 4) is 0 Å². The van der Waals surface area contributed by atoms with E-state index < -0.39 is 0 Å². The molecule has 1 aromatic carbocycles. The Bertz CT molecular complexity index is 356. The lowest BCUT2D eigenvalue weighted by molar-refractivity contribution is 0.255. The zero-order valence-electron chi connectivity index (χ0n) is 10.4. The molecular formula is C15H21N. The van der Waals surface area contributed by atoms with Crippen molar-refractivity contribution in [3.63, 3.8) is 0 Å². The summed E-state index contributed by atoms with van der Waals surface area (Å²) in [7, 11) is 2.21. The largest absolute Gasteiger partial charge is 0.306 e. The standard InChI is InChI=1S/C15H21N/c1-12(2)13-4-6-14(7-5-13)15-8-10-16(3)11-9-15/h4-7,15H,1,8-11H2,2-3H3. The van der Waals surface area contributed by atoms with Crippen LogP contribution in [0.2, 0.25) is 0 Å². The van der Waals surface area contributed by atoms with Gasteiger partial charge in [0.1, 0.15) is 0 Å². The molecule has 1 fully saturated rings. The summed E-state index contributed by atoms with van der Waals surface area (Å²) in [5, 5.41) is 0. The predicted molar refractivity (Wildman–Crippen MR) is 70.6 cm³/mol. The van der Waals surface area contributed by atoms with Crippen LogP contribution in [0.4, 0.5) is 0 Å². The molecule has 0 bridgehead atoms. The SMILES string of the molecule is C=C(C)c1ccc(C2CCN(C)CC2)cc1. The van der Waals surface area contributed by atoms with Gasteiger partial charge in [-0.25, -0.2) is 0 Å². The monoisotopic (exact) mass is 215 g/mol. The van der Waals surface area contributed by atoms with Crippen LogP contribution in [0.25, 0.3) is 5.57 Å². The number of allylic oxidation sites excluding steroid dienone is 1. The fourth-order valence-electron chi connectivity index (χ4n) is 2.38. The van der Waals surface area contributed by atoms with Crippen LogP contribution in [0.15, 0.2) is 30.8 Å². The summed E-state index contributed by atoms with van der Waals surface area (Å²) >= 11 is 0. The van der Waals surface area contributed by atoms with E-state index in [1.54, 1.807) is 0 Å². The molecule has 0 unspecified atom stereocenters. The zero-order valence-corrected chi connectivity index (χ0v) is 10.4. The molecular weight excluding hydrogens is 194 g/mol. The van der Waals surface area contributed by atoms with Gasteiger partial charge in [-0.2, -0.15) is 0 Å². The second-order valence-electron chi connectivity index (χ2n) is 4.98. The molecule has 0 atom stereocenters. The summed E-state index contributed by atoms with van der Waals surface area (Å²) in [4.78, 5) is 2.42. The topological polar surface area (TPSA) is 3.24 Å². The van der Waals surface area contributed by atoms with Crippen molar-refractivity contribution in [2.75, 3.05) is 20.1 Å². The van der Waals surface area contributed by atoms with Gasteiger partial charge in [-0.1, -0.05) is 36.4 Å². The number of piperidine rings is 1. The van der Waals surface area contributed by atoms with E-state index in [1.807, 2.05) is 0 Å². The minimum atomic E-state index is 0.760. The number of nitrogens with zero attached hydrogens (tertiary/aromatic N) is 1. The van der Waals surface area contributed by atoms with Gasteiger partial charge in [-0.05, 0) is 56.9 Å². The fourth-order valence-corrected chi connectivity index (χ4v) is 2.38. The maximum atomic E-state index is 3.97. The van der Waals surface area contributed by atoms with Gasteiger partial charge in [0.15, 0.2) is 0 Å². The molecule has 1 aromatic rings. The first-order chi connectivity index (χ1) is 7.66. The van der Waals surface area contributed by atoms with Gasteiger partial charge in [0.25, 0.3) is 0 Å². The molecule has 1 nitrogen and oxygen atoms in total. The minimum Gasteiger partial charge on any atom is -0.306 e. The number of rotatable bonds is 2. The number of benzene rings is 1. The summed E-state index contributed by atoms with van der Waals surface area (Å²) in [5.41, 5.74) is 3.91. The normalized spacial score (nSPS) is 18.6. The Morgan fingerprint density at radius 3 is 2.25 bits per heavy atom. The maximum absolute atomic E-state index is 3.97. The van der Waals surface area contributed by atoms with Crippen LogP contribution in [0, 0.1) is 0 Å². The lowest BCUT2D eigenvalue weighted by Crippen LogP contribution is -2.29. The molecule has 0 N–H and O–H groups in total. The minimum absolute atomic E-state index is 0.760. The lowest BCUT2D eigenvalue weighted by Gasteiger charge is -2.29. The van der Waals surface area contributed by atoms with E-state index in [-0.39, 0.29) is 0 Å². The van der Waals surface area contributed by atoms with E-state index in [4.69, 9.17) is 0 Å².